The molecule has 0 saturated carbocycles. The molecule has 0 heterocycles. The molecule has 16 heavy (non-hydrogen) atoms. The van der Waals surface area contributed by atoms with Gasteiger partial charge < -0.3 is 9.63 Å². The van der Waals surface area contributed by atoms with Gasteiger partial charge in [-0.1, -0.05) is 6.58 Å². The highest BCUT2D eigenvalue weighted by Gasteiger charge is 2.16. The summed E-state index contributed by atoms with van der Waals surface area (Å²) in [4.78, 5) is 10.9. The van der Waals surface area contributed by atoms with Crippen molar-refractivity contribution in [2.45, 2.75) is 6.92 Å². The van der Waals surface area contributed by atoms with Crippen LogP contribution in [0.1, 0.15) is 22.8 Å². The van der Waals surface area contributed by atoms with Gasteiger partial charge in [0.2, 0.25) is 0 Å². The number of aromatic carboxylic acids is 1. The van der Waals surface area contributed by atoms with Gasteiger partial charge in [0.15, 0.2) is 8.46 Å². The monoisotopic (exact) mass is 256 g/mol. The molecule has 0 saturated heterocycles. The third-order valence-corrected chi connectivity index (χ3v) is 2.83. The van der Waals surface area contributed by atoms with Crippen molar-refractivity contribution in [1.82, 2.24) is 0 Å². The standard InChI is InChI=1S/C10H10O4P2/c1-5(2)6-3-7(10(11)12)9(16-13)4-8(6)14-15/h3-4H,1,15H2,2H3,(H,11,12). The third-order valence-electron chi connectivity index (χ3n) is 2.01. The minimum absolute atomic E-state index is 0.0135. The van der Waals surface area contributed by atoms with Gasteiger partial charge >= 0.3 is 5.97 Å². The molecule has 0 aromatic heterocycles. The first kappa shape index (κ1) is 12.8. The Kier molecular flexibility index (Phi) is 4.17. The maximum Gasteiger partial charge on any atom is 0.336 e. The molecule has 0 radical (unpaired) electrons. The lowest BCUT2D eigenvalue weighted by Crippen LogP contribution is -2.10. The van der Waals surface area contributed by atoms with Gasteiger partial charge in [0.1, 0.15) is 5.75 Å². The second-order valence-corrected chi connectivity index (χ2v) is 4.06. The molecule has 1 unspecified atom stereocenters. The van der Waals surface area contributed by atoms with Gasteiger partial charge in [-0.15, -0.1) is 0 Å². The summed E-state index contributed by atoms with van der Waals surface area (Å²) in [7, 11) is 1.70. The fourth-order valence-corrected chi connectivity index (χ4v) is 1.87. The molecular formula is C10H10O4P2. The van der Waals surface area contributed by atoms with E-state index in [1.165, 1.54) is 12.1 Å². The van der Waals surface area contributed by atoms with Crippen molar-refractivity contribution < 1.29 is 19.0 Å². The molecule has 1 rings (SSSR count). The molecule has 0 aliphatic carbocycles. The quantitative estimate of drug-likeness (QED) is 0.840. The Hall–Kier alpha value is -1.24. The van der Waals surface area contributed by atoms with Crippen molar-refractivity contribution >= 4 is 34.8 Å². The van der Waals surface area contributed by atoms with Gasteiger partial charge in [-0.2, -0.15) is 0 Å². The topological polar surface area (TPSA) is 63.6 Å². The first-order valence-electron chi connectivity index (χ1n) is 4.28. The molecule has 0 aliphatic rings. The minimum atomic E-state index is -1.13. The van der Waals surface area contributed by atoms with E-state index in [0.29, 0.717) is 16.9 Å². The van der Waals surface area contributed by atoms with Gasteiger partial charge in [0, 0.05) is 5.56 Å². The summed E-state index contributed by atoms with van der Waals surface area (Å²) in [6, 6.07) is 2.83. The Bertz CT molecular complexity index is 468. The lowest BCUT2D eigenvalue weighted by atomic mass is 10.0. The molecule has 0 aliphatic heterocycles. The Morgan fingerprint density at radius 2 is 2.12 bits per heavy atom. The zero-order valence-electron chi connectivity index (χ0n) is 8.56. The highest BCUT2D eigenvalue weighted by Crippen LogP contribution is 2.28. The second-order valence-electron chi connectivity index (χ2n) is 3.16. The smallest absolute Gasteiger partial charge is 0.336 e. The van der Waals surface area contributed by atoms with E-state index >= 15 is 0 Å². The third kappa shape index (κ3) is 2.46. The number of carboxylic acids is 1. The van der Waals surface area contributed by atoms with Crippen molar-refractivity contribution in [3.8, 4) is 5.75 Å². The van der Waals surface area contributed by atoms with Crippen LogP contribution in [0.25, 0.3) is 5.57 Å². The van der Waals surface area contributed by atoms with Crippen molar-refractivity contribution in [3.63, 3.8) is 0 Å². The van der Waals surface area contributed by atoms with Crippen LogP contribution >= 0.6 is 17.9 Å². The summed E-state index contributed by atoms with van der Waals surface area (Å²) in [5.74, 6) is -0.697. The van der Waals surface area contributed by atoms with Gasteiger partial charge in [-0.3, -0.25) is 4.57 Å². The van der Waals surface area contributed by atoms with E-state index in [1.54, 1.807) is 6.92 Å². The van der Waals surface area contributed by atoms with Gasteiger partial charge in [-0.05, 0) is 24.6 Å². The van der Waals surface area contributed by atoms with Crippen LogP contribution in [0.5, 0.6) is 5.75 Å². The predicted octanol–water partition coefficient (Wildman–Crippen LogP) is 2.50. The zero-order valence-corrected chi connectivity index (χ0v) is 10.6. The molecular weight excluding hydrogens is 246 g/mol. The molecule has 1 atom stereocenters. The Morgan fingerprint density at radius 1 is 1.50 bits per heavy atom. The molecule has 0 spiro atoms. The summed E-state index contributed by atoms with van der Waals surface area (Å²) in [6.07, 6.45) is 0. The molecule has 1 aromatic carbocycles. The summed E-state index contributed by atoms with van der Waals surface area (Å²) in [5.41, 5.74) is 1.24. The lowest BCUT2D eigenvalue weighted by Gasteiger charge is -2.10. The Balaban J connectivity index is 3.52. The molecule has 4 nitrogen and oxygen atoms in total. The molecule has 0 fully saturated rings. The SMILES string of the molecule is C=C(C)c1cc(C(=O)O)c(P=O)cc1OP. The maximum absolute atomic E-state index is 10.9. The second kappa shape index (κ2) is 5.20. The van der Waals surface area contributed by atoms with Crippen molar-refractivity contribution in [2.24, 2.45) is 0 Å². The summed E-state index contributed by atoms with van der Waals surface area (Å²) < 4.78 is 15.8. The largest absolute Gasteiger partial charge is 0.480 e. The molecule has 84 valence electrons. The van der Waals surface area contributed by atoms with Crippen molar-refractivity contribution in [2.75, 3.05) is 0 Å². The van der Waals surface area contributed by atoms with Gasteiger partial charge in [0.05, 0.1) is 20.3 Å². The van der Waals surface area contributed by atoms with E-state index in [0.717, 1.165) is 0 Å². The Labute approximate surface area is 96.8 Å². The van der Waals surface area contributed by atoms with E-state index in [-0.39, 0.29) is 19.3 Å². The first-order valence-corrected chi connectivity index (χ1v) is 5.57. The normalized spacial score (nSPS) is 10.1. The number of allylic oxidation sites excluding steroid dienone is 1. The van der Waals surface area contributed by atoms with E-state index in [2.05, 4.69) is 16.0 Å². The van der Waals surface area contributed by atoms with E-state index in [4.69, 9.17) is 9.63 Å². The molecule has 6 heteroatoms. The molecule has 1 N–H and O–H groups in total. The van der Waals surface area contributed by atoms with E-state index in [9.17, 15) is 9.36 Å². The fraction of sp³-hybridized carbons (Fsp3) is 0.100. The summed E-state index contributed by atoms with van der Waals surface area (Å²) >= 11 is 0. The van der Waals surface area contributed by atoms with E-state index in [1.807, 2.05) is 0 Å². The zero-order chi connectivity index (χ0) is 12.3. The van der Waals surface area contributed by atoms with Crippen LogP contribution in [0.2, 0.25) is 0 Å². The number of rotatable bonds is 4. The van der Waals surface area contributed by atoms with Crippen molar-refractivity contribution in [1.29, 1.82) is 0 Å². The summed E-state index contributed by atoms with van der Waals surface area (Å²) in [6.45, 7) is 5.47. The van der Waals surface area contributed by atoms with Crippen LogP contribution in [0, 0.1) is 0 Å². The average molecular weight is 256 g/mol. The van der Waals surface area contributed by atoms with Crippen LogP contribution < -0.4 is 9.83 Å². The highest BCUT2D eigenvalue weighted by atomic mass is 31.1. The van der Waals surface area contributed by atoms with Crippen LogP contribution in [0.4, 0.5) is 0 Å². The fourth-order valence-electron chi connectivity index (χ4n) is 1.25. The van der Waals surface area contributed by atoms with Crippen LogP contribution in [-0.2, 0) is 4.57 Å². The maximum atomic E-state index is 10.9. The van der Waals surface area contributed by atoms with Crippen LogP contribution in [0.3, 0.4) is 0 Å². The molecule has 1 aromatic rings. The van der Waals surface area contributed by atoms with Gasteiger partial charge in [-0.25, -0.2) is 4.79 Å². The minimum Gasteiger partial charge on any atom is -0.480 e. The molecule has 0 bridgehead atoms. The Morgan fingerprint density at radius 3 is 2.50 bits per heavy atom. The van der Waals surface area contributed by atoms with Crippen molar-refractivity contribution in [3.05, 3.63) is 29.8 Å². The summed E-state index contributed by atoms with van der Waals surface area (Å²) in [5, 5.41) is 9.12. The number of carbonyl (C=O) groups is 1. The lowest BCUT2D eigenvalue weighted by molar-refractivity contribution is 0.0698. The predicted molar refractivity (Wildman–Crippen MR) is 65.7 cm³/mol. The van der Waals surface area contributed by atoms with E-state index < -0.39 is 5.97 Å². The van der Waals surface area contributed by atoms with Gasteiger partial charge in [0.25, 0.3) is 0 Å². The first-order chi connectivity index (χ1) is 7.51. The molecule has 0 amide bonds. The number of benzene rings is 1. The number of carboxylic acid groups (broad SMARTS) is 1. The number of hydrogen-bond acceptors (Lipinski definition) is 3. The average Bonchev–Trinajstić information content (AvgIpc) is 2.26. The van der Waals surface area contributed by atoms with Crippen LogP contribution in [-0.4, -0.2) is 11.1 Å². The highest BCUT2D eigenvalue weighted by molar-refractivity contribution is 7.34. The van der Waals surface area contributed by atoms with Crippen LogP contribution in [0.15, 0.2) is 18.7 Å². The number of hydrogen-bond donors (Lipinski definition) is 1.